The maximum Gasteiger partial charge on any atom is 0.300 e. The van der Waals surface area contributed by atoms with Crippen molar-refractivity contribution in [3.8, 4) is 0 Å². The Bertz CT molecular complexity index is 1100. The molecule has 0 radical (unpaired) electrons. The molecule has 0 unspecified atom stereocenters. The zero-order valence-corrected chi connectivity index (χ0v) is 18.4. The molecule has 2 aromatic carbocycles. The summed E-state index contributed by atoms with van der Waals surface area (Å²) in [4.78, 5) is -0.0132. The Hall–Kier alpha value is -2.38. The van der Waals surface area contributed by atoms with Crippen LogP contribution < -0.4 is 10.0 Å². The van der Waals surface area contributed by atoms with Gasteiger partial charge in [-0.3, -0.25) is 4.72 Å². The summed E-state index contributed by atoms with van der Waals surface area (Å²) in [5.41, 5.74) is -0.153. The van der Waals surface area contributed by atoms with Gasteiger partial charge in [-0.1, -0.05) is 50.6 Å². The zero-order chi connectivity index (χ0) is 22.2. The second-order valence-electron chi connectivity index (χ2n) is 8.05. The summed E-state index contributed by atoms with van der Waals surface area (Å²) in [6, 6.07) is 10.1. The molecule has 0 saturated carbocycles. The molecule has 4 nitrogen and oxygen atoms in total. The van der Waals surface area contributed by atoms with Crippen molar-refractivity contribution in [3.63, 3.8) is 0 Å². The first kappa shape index (κ1) is 22.3. The van der Waals surface area contributed by atoms with Gasteiger partial charge in [-0.05, 0) is 53.6 Å². The third kappa shape index (κ3) is 4.68. The first-order valence-electron chi connectivity index (χ1n) is 9.33. The minimum Gasteiger partial charge on any atom is -0.387 e. The number of alkyl halides is 2. The van der Waals surface area contributed by atoms with Gasteiger partial charge in [0.15, 0.2) is 0 Å². The molecule has 2 N–H and O–H groups in total. The van der Waals surface area contributed by atoms with Crippen LogP contribution in [0.4, 0.5) is 14.5 Å². The van der Waals surface area contributed by atoms with E-state index in [9.17, 15) is 8.42 Å². The fraction of sp³-hybridized carbons (Fsp3) is 0.273. The summed E-state index contributed by atoms with van der Waals surface area (Å²) in [6.45, 7) is 6.30. The molecule has 160 valence electrons. The third-order valence-corrected chi connectivity index (χ3v) is 6.39. The van der Waals surface area contributed by atoms with Gasteiger partial charge in [0.2, 0.25) is 0 Å². The number of benzene rings is 2. The molecule has 3 rings (SSSR count). The highest BCUT2D eigenvalue weighted by Gasteiger charge is 2.38. The Morgan fingerprint density at radius 3 is 2.30 bits per heavy atom. The number of anilines is 1. The fourth-order valence-corrected chi connectivity index (χ4v) is 4.30. The van der Waals surface area contributed by atoms with E-state index in [-0.39, 0.29) is 33.1 Å². The summed E-state index contributed by atoms with van der Waals surface area (Å²) >= 11 is 5.95. The molecule has 0 aromatic heterocycles. The fourth-order valence-electron chi connectivity index (χ4n) is 3.05. The maximum absolute atomic E-state index is 15.2. The number of dihydropyridines is 1. The number of allylic oxidation sites excluding steroid dienone is 2. The van der Waals surface area contributed by atoms with Crippen molar-refractivity contribution in [2.24, 2.45) is 0 Å². The first-order valence-corrected chi connectivity index (χ1v) is 11.2. The van der Waals surface area contributed by atoms with Crippen LogP contribution in [0.5, 0.6) is 0 Å². The number of sulfonamides is 1. The van der Waals surface area contributed by atoms with Gasteiger partial charge in [0.1, 0.15) is 0 Å². The summed E-state index contributed by atoms with van der Waals surface area (Å²) in [6.07, 6.45) is 4.03. The Morgan fingerprint density at radius 1 is 1.07 bits per heavy atom. The van der Waals surface area contributed by atoms with E-state index >= 15 is 8.78 Å². The summed E-state index contributed by atoms with van der Waals surface area (Å²) in [5.74, 6) is -3.43. The molecule has 1 aliphatic heterocycles. The molecular weight excluding hydrogens is 430 g/mol. The highest BCUT2D eigenvalue weighted by atomic mass is 35.5. The molecule has 1 aliphatic rings. The summed E-state index contributed by atoms with van der Waals surface area (Å²) < 4.78 is 58.5. The Balaban J connectivity index is 1.99. The van der Waals surface area contributed by atoms with Crippen molar-refractivity contribution in [1.29, 1.82) is 0 Å². The van der Waals surface area contributed by atoms with Crippen LogP contribution in [0, 0.1) is 0 Å². The zero-order valence-electron chi connectivity index (χ0n) is 16.8. The van der Waals surface area contributed by atoms with Gasteiger partial charge >= 0.3 is 0 Å². The number of nitrogens with one attached hydrogen (secondary N) is 2. The SMILES string of the molecule is CC(C)(C)c1ccc(S(=O)(=O)Nc2ccc(Cl)cc2C(F)(F)C2=CCNC=C2)cc1. The van der Waals surface area contributed by atoms with Crippen molar-refractivity contribution in [2.45, 2.75) is 37.0 Å². The van der Waals surface area contributed by atoms with E-state index in [1.807, 2.05) is 20.8 Å². The second-order valence-corrected chi connectivity index (χ2v) is 10.2. The summed E-state index contributed by atoms with van der Waals surface area (Å²) in [5, 5.41) is 2.90. The van der Waals surface area contributed by atoms with Crippen molar-refractivity contribution >= 4 is 27.3 Å². The lowest BCUT2D eigenvalue weighted by atomic mass is 9.87. The van der Waals surface area contributed by atoms with Gasteiger partial charge in [0.05, 0.1) is 16.1 Å². The lowest BCUT2D eigenvalue weighted by Gasteiger charge is -2.24. The van der Waals surface area contributed by atoms with Crippen LogP contribution in [0.2, 0.25) is 5.02 Å². The second kappa shape index (κ2) is 8.04. The molecule has 0 amide bonds. The third-order valence-electron chi connectivity index (χ3n) is 4.78. The Labute approximate surface area is 180 Å². The largest absolute Gasteiger partial charge is 0.387 e. The molecule has 1 heterocycles. The monoisotopic (exact) mass is 452 g/mol. The highest BCUT2D eigenvalue weighted by Crippen LogP contribution is 2.42. The quantitative estimate of drug-likeness (QED) is 0.623. The number of hydrogen-bond acceptors (Lipinski definition) is 3. The molecule has 8 heteroatoms. The maximum atomic E-state index is 15.2. The van der Waals surface area contributed by atoms with Crippen LogP contribution in [0.1, 0.15) is 31.9 Å². The van der Waals surface area contributed by atoms with E-state index in [0.717, 1.165) is 11.6 Å². The first-order chi connectivity index (χ1) is 13.9. The molecule has 0 aliphatic carbocycles. The molecule has 0 spiro atoms. The molecule has 2 aromatic rings. The minimum absolute atomic E-state index is 0.0132. The van der Waals surface area contributed by atoms with Crippen LogP contribution in [-0.2, 0) is 21.4 Å². The van der Waals surface area contributed by atoms with E-state index in [0.29, 0.717) is 0 Å². The molecule has 0 saturated heterocycles. The van der Waals surface area contributed by atoms with Gasteiger partial charge in [-0.2, -0.15) is 8.78 Å². The Kier molecular flexibility index (Phi) is 5.98. The van der Waals surface area contributed by atoms with Gasteiger partial charge in [0.25, 0.3) is 15.9 Å². The predicted octanol–water partition coefficient (Wildman–Crippen LogP) is 5.57. The minimum atomic E-state index is -4.08. The molecular formula is C22H23ClF2N2O2S. The van der Waals surface area contributed by atoms with Crippen molar-refractivity contribution < 1.29 is 17.2 Å². The molecule has 0 atom stereocenters. The van der Waals surface area contributed by atoms with Gasteiger partial charge < -0.3 is 5.32 Å². The predicted molar refractivity (Wildman–Crippen MR) is 117 cm³/mol. The highest BCUT2D eigenvalue weighted by molar-refractivity contribution is 7.92. The number of rotatable bonds is 5. The average Bonchev–Trinajstić information content (AvgIpc) is 2.69. The van der Waals surface area contributed by atoms with Crippen molar-refractivity contribution in [3.05, 3.63) is 82.5 Å². The van der Waals surface area contributed by atoms with Crippen molar-refractivity contribution in [1.82, 2.24) is 5.32 Å². The average molecular weight is 453 g/mol. The smallest absolute Gasteiger partial charge is 0.300 e. The summed E-state index contributed by atoms with van der Waals surface area (Å²) in [7, 11) is -4.08. The topological polar surface area (TPSA) is 58.2 Å². The van der Waals surface area contributed by atoms with Gasteiger partial charge in [0, 0.05) is 17.1 Å². The lowest BCUT2D eigenvalue weighted by molar-refractivity contribution is 0.0422. The Morgan fingerprint density at radius 2 is 1.73 bits per heavy atom. The van der Waals surface area contributed by atoms with Gasteiger partial charge in [-0.25, -0.2) is 8.42 Å². The van der Waals surface area contributed by atoms with Crippen LogP contribution in [0.3, 0.4) is 0 Å². The number of hydrogen-bond donors (Lipinski definition) is 2. The van der Waals surface area contributed by atoms with E-state index in [1.165, 1.54) is 42.6 Å². The van der Waals surface area contributed by atoms with E-state index in [4.69, 9.17) is 11.6 Å². The van der Waals surface area contributed by atoms with Crippen LogP contribution in [0.25, 0.3) is 0 Å². The molecule has 0 bridgehead atoms. The van der Waals surface area contributed by atoms with E-state index in [2.05, 4.69) is 10.0 Å². The number of halogens is 3. The van der Waals surface area contributed by atoms with E-state index in [1.54, 1.807) is 12.1 Å². The van der Waals surface area contributed by atoms with E-state index < -0.39 is 21.5 Å². The standard InChI is InChI=1S/C22H23ClF2N2O2S/c1-21(2,3)15-4-7-18(8-5-15)30(28,29)27-20-9-6-17(23)14-19(20)22(24,25)16-10-12-26-13-11-16/h4-12,14,26-27H,13H2,1-3H3. The lowest BCUT2D eigenvalue weighted by Crippen LogP contribution is -2.23. The molecule has 30 heavy (non-hydrogen) atoms. The van der Waals surface area contributed by atoms with Gasteiger partial charge in [-0.15, -0.1) is 0 Å². The van der Waals surface area contributed by atoms with Crippen LogP contribution >= 0.6 is 11.6 Å². The van der Waals surface area contributed by atoms with Crippen LogP contribution in [0.15, 0.2) is 71.3 Å². The molecule has 0 fully saturated rings. The van der Waals surface area contributed by atoms with Crippen molar-refractivity contribution in [2.75, 3.05) is 11.3 Å². The van der Waals surface area contributed by atoms with Crippen LogP contribution in [-0.4, -0.2) is 15.0 Å². The normalized spacial score (nSPS) is 14.8.